The molecule has 0 fully saturated rings. The third-order valence-corrected chi connectivity index (χ3v) is 3.37. The van der Waals surface area contributed by atoms with E-state index in [2.05, 4.69) is 10.6 Å². The maximum absolute atomic E-state index is 12.2. The van der Waals surface area contributed by atoms with Gasteiger partial charge in [-0.25, -0.2) is 0 Å². The topological polar surface area (TPSA) is 85.2 Å². The third-order valence-electron chi connectivity index (χ3n) is 3.37. The van der Waals surface area contributed by atoms with Crippen LogP contribution in [0.1, 0.15) is 38.7 Å². The first kappa shape index (κ1) is 17.7. The minimum absolute atomic E-state index is 0.0227. The van der Waals surface area contributed by atoms with Crippen LogP contribution in [-0.4, -0.2) is 23.7 Å². The van der Waals surface area contributed by atoms with Crippen LogP contribution in [0.25, 0.3) is 0 Å². The molecule has 1 aromatic carbocycles. The summed E-state index contributed by atoms with van der Waals surface area (Å²) in [6.45, 7) is 5.94. The molecule has 0 aromatic heterocycles. The van der Waals surface area contributed by atoms with Gasteiger partial charge in [0, 0.05) is 17.9 Å². The number of benzene rings is 1. The monoisotopic (exact) mass is 301 g/mol. The zero-order chi connectivity index (χ0) is 16.5. The lowest BCUT2D eigenvalue weighted by molar-refractivity contribution is -0.112. The molecule has 1 amide bonds. The van der Waals surface area contributed by atoms with E-state index in [-0.39, 0.29) is 24.1 Å². The third kappa shape index (κ3) is 4.90. The van der Waals surface area contributed by atoms with Crippen LogP contribution in [0.5, 0.6) is 0 Å². The van der Waals surface area contributed by atoms with E-state index in [0.29, 0.717) is 12.1 Å². The Morgan fingerprint density at radius 1 is 1.41 bits per heavy atom. The second-order valence-electron chi connectivity index (χ2n) is 5.32. The SMILES string of the molecule is CCC(CO)N/C=C(/C#N)C(=O)Nc1ccccc1C(C)C. The highest BCUT2D eigenvalue weighted by Crippen LogP contribution is 2.23. The van der Waals surface area contributed by atoms with E-state index in [4.69, 9.17) is 10.4 Å². The van der Waals surface area contributed by atoms with Gasteiger partial charge >= 0.3 is 0 Å². The summed E-state index contributed by atoms with van der Waals surface area (Å²) in [6.07, 6.45) is 2.06. The largest absolute Gasteiger partial charge is 0.394 e. The summed E-state index contributed by atoms with van der Waals surface area (Å²) in [5.41, 5.74) is 1.70. The molecular formula is C17H23N3O2. The van der Waals surface area contributed by atoms with Crippen LogP contribution in [0.4, 0.5) is 5.69 Å². The van der Waals surface area contributed by atoms with Crippen molar-refractivity contribution in [1.82, 2.24) is 5.32 Å². The lowest BCUT2D eigenvalue weighted by Crippen LogP contribution is -2.28. The molecule has 5 nitrogen and oxygen atoms in total. The van der Waals surface area contributed by atoms with Crippen LogP contribution in [0.15, 0.2) is 36.0 Å². The number of aliphatic hydroxyl groups is 1. The van der Waals surface area contributed by atoms with Crippen molar-refractivity contribution < 1.29 is 9.90 Å². The number of nitrogens with one attached hydrogen (secondary N) is 2. The van der Waals surface area contributed by atoms with Gasteiger partial charge in [0.2, 0.25) is 0 Å². The normalized spacial score (nSPS) is 12.6. The molecule has 22 heavy (non-hydrogen) atoms. The number of carbonyl (C=O) groups is 1. The van der Waals surface area contributed by atoms with E-state index in [1.165, 1.54) is 6.20 Å². The van der Waals surface area contributed by atoms with Crippen molar-refractivity contribution in [2.45, 2.75) is 39.2 Å². The molecule has 5 heteroatoms. The Morgan fingerprint density at radius 2 is 2.09 bits per heavy atom. The molecule has 118 valence electrons. The lowest BCUT2D eigenvalue weighted by Gasteiger charge is -2.14. The van der Waals surface area contributed by atoms with Crippen LogP contribution >= 0.6 is 0 Å². The van der Waals surface area contributed by atoms with E-state index >= 15 is 0 Å². The fraction of sp³-hybridized carbons (Fsp3) is 0.412. The molecule has 1 unspecified atom stereocenters. The quantitative estimate of drug-likeness (QED) is 0.533. The molecule has 3 N–H and O–H groups in total. The van der Waals surface area contributed by atoms with Crippen molar-refractivity contribution in [1.29, 1.82) is 5.26 Å². The average molecular weight is 301 g/mol. The molecule has 0 bridgehead atoms. The predicted octanol–water partition coefficient (Wildman–Crippen LogP) is 2.52. The highest BCUT2D eigenvalue weighted by molar-refractivity contribution is 6.06. The smallest absolute Gasteiger partial charge is 0.267 e. The number of hydrogen-bond acceptors (Lipinski definition) is 4. The van der Waals surface area contributed by atoms with E-state index < -0.39 is 5.91 Å². The van der Waals surface area contributed by atoms with Gasteiger partial charge in [0.15, 0.2) is 0 Å². The van der Waals surface area contributed by atoms with Gasteiger partial charge in [0.1, 0.15) is 11.6 Å². The fourth-order valence-corrected chi connectivity index (χ4v) is 1.95. The second-order valence-corrected chi connectivity index (χ2v) is 5.32. The van der Waals surface area contributed by atoms with E-state index in [0.717, 1.165) is 5.56 Å². The molecular weight excluding hydrogens is 278 g/mol. The van der Waals surface area contributed by atoms with Crippen molar-refractivity contribution in [3.63, 3.8) is 0 Å². The summed E-state index contributed by atoms with van der Waals surface area (Å²) >= 11 is 0. The van der Waals surface area contributed by atoms with Crippen molar-refractivity contribution in [2.24, 2.45) is 0 Å². The maximum atomic E-state index is 12.2. The van der Waals surface area contributed by atoms with Crippen LogP contribution in [0, 0.1) is 11.3 Å². The van der Waals surface area contributed by atoms with Gasteiger partial charge in [-0.05, 0) is 24.0 Å². The number of anilines is 1. The highest BCUT2D eigenvalue weighted by atomic mass is 16.3. The molecule has 0 saturated carbocycles. The second kappa shape index (κ2) is 8.85. The summed E-state index contributed by atoms with van der Waals surface area (Å²) in [5, 5.41) is 23.9. The van der Waals surface area contributed by atoms with Crippen LogP contribution in [0.3, 0.4) is 0 Å². The first-order chi connectivity index (χ1) is 10.5. The number of nitriles is 1. The number of amides is 1. The molecule has 1 aromatic rings. The molecule has 1 atom stereocenters. The first-order valence-electron chi connectivity index (χ1n) is 7.40. The standard InChI is InChI=1S/C17H23N3O2/c1-4-14(11-21)19-10-13(9-18)17(22)20-16-8-6-5-7-15(16)12(2)3/h5-8,10,12,14,19,21H,4,11H2,1-3H3,(H,20,22)/b13-10-. The Kier molecular flexibility index (Phi) is 7.14. The summed E-state index contributed by atoms with van der Waals surface area (Å²) in [5.74, 6) is -0.195. The number of hydrogen-bond donors (Lipinski definition) is 3. The molecule has 0 aliphatic carbocycles. The molecule has 0 aliphatic heterocycles. The first-order valence-corrected chi connectivity index (χ1v) is 7.40. The zero-order valence-corrected chi connectivity index (χ0v) is 13.3. The van der Waals surface area contributed by atoms with E-state index in [1.807, 2.05) is 51.1 Å². The Labute approximate surface area is 131 Å². The molecule has 0 heterocycles. The number of nitrogens with zero attached hydrogens (tertiary/aromatic N) is 1. The predicted molar refractivity (Wildman–Crippen MR) is 87.2 cm³/mol. The van der Waals surface area contributed by atoms with Gasteiger partial charge in [-0.2, -0.15) is 5.26 Å². The summed E-state index contributed by atoms with van der Waals surface area (Å²) in [4.78, 5) is 12.2. The molecule has 0 radical (unpaired) electrons. The van der Waals surface area contributed by atoms with Crippen LogP contribution in [-0.2, 0) is 4.79 Å². The number of carbonyl (C=O) groups excluding carboxylic acids is 1. The summed E-state index contributed by atoms with van der Waals surface area (Å²) in [6, 6.07) is 9.24. The Morgan fingerprint density at radius 3 is 2.64 bits per heavy atom. The Balaban J connectivity index is 2.87. The van der Waals surface area contributed by atoms with Gasteiger partial charge in [-0.1, -0.05) is 39.0 Å². The zero-order valence-electron chi connectivity index (χ0n) is 13.3. The number of aliphatic hydroxyl groups excluding tert-OH is 1. The summed E-state index contributed by atoms with van der Waals surface area (Å²) in [7, 11) is 0. The Bertz CT molecular complexity index is 570. The minimum Gasteiger partial charge on any atom is -0.394 e. The van der Waals surface area contributed by atoms with Crippen molar-refractivity contribution >= 4 is 11.6 Å². The number of rotatable bonds is 7. The van der Waals surface area contributed by atoms with Crippen LogP contribution < -0.4 is 10.6 Å². The van der Waals surface area contributed by atoms with Crippen molar-refractivity contribution in [3.05, 3.63) is 41.6 Å². The van der Waals surface area contributed by atoms with Gasteiger partial charge < -0.3 is 15.7 Å². The average Bonchev–Trinajstić information content (AvgIpc) is 2.52. The molecule has 0 saturated heterocycles. The van der Waals surface area contributed by atoms with Crippen molar-refractivity contribution in [3.8, 4) is 6.07 Å². The minimum atomic E-state index is -0.462. The molecule has 0 aliphatic rings. The lowest BCUT2D eigenvalue weighted by atomic mass is 10.0. The fourth-order valence-electron chi connectivity index (χ4n) is 1.95. The highest BCUT2D eigenvalue weighted by Gasteiger charge is 2.13. The van der Waals surface area contributed by atoms with Gasteiger partial charge in [0.25, 0.3) is 5.91 Å². The van der Waals surface area contributed by atoms with Gasteiger partial charge in [0.05, 0.1) is 6.61 Å². The Hall–Kier alpha value is -2.32. The van der Waals surface area contributed by atoms with Gasteiger partial charge in [-0.3, -0.25) is 4.79 Å². The van der Waals surface area contributed by atoms with Crippen molar-refractivity contribution in [2.75, 3.05) is 11.9 Å². The van der Waals surface area contributed by atoms with E-state index in [1.54, 1.807) is 0 Å². The summed E-state index contributed by atoms with van der Waals surface area (Å²) < 4.78 is 0. The van der Waals surface area contributed by atoms with E-state index in [9.17, 15) is 4.79 Å². The van der Waals surface area contributed by atoms with Gasteiger partial charge in [-0.15, -0.1) is 0 Å². The maximum Gasteiger partial charge on any atom is 0.267 e. The van der Waals surface area contributed by atoms with Crippen LogP contribution in [0.2, 0.25) is 0 Å². The molecule has 0 spiro atoms. The number of para-hydroxylation sites is 1. The molecule has 1 rings (SSSR count).